The first-order valence-electron chi connectivity index (χ1n) is 11.3. The smallest absolute Gasteiger partial charge is 0.411 e. The van der Waals surface area contributed by atoms with Gasteiger partial charge in [0.25, 0.3) is 11.8 Å². The predicted octanol–water partition coefficient (Wildman–Crippen LogP) is 4.65. The van der Waals surface area contributed by atoms with E-state index in [1.54, 1.807) is 35.2 Å². The molecule has 0 spiro atoms. The summed E-state index contributed by atoms with van der Waals surface area (Å²) in [6, 6.07) is 13.2. The van der Waals surface area contributed by atoms with Crippen LogP contribution in [0, 0.1) is 0 Å². The third kappa shape index (κ3) is 7.48. The molecule has 1 atom stereocenters. The lowest BCUT2D eigenvalue weighted by atomic mass is 10.0. The van der Waals surface area contributed by atoms with Crippen LogP contribution in [0.4, 0.5) is 13.2 Å². The summed E-state index contributed by atoms with van der Waals surface area (Å²) in [6.07, 6.45) is -1.77. The standard InChI is InChI=1S/C25H29F3N2O4/c1-2-21(20-7-3-4-8-22(20)34-16-23(31)30-13-5-6-14-30)29-24(32)19-11-9-18(10-12-19)15-33-17-25(26,27)28/h3-4,7-12,21H,2,5-6,13-17H2,1H3,(H,29,32). The molecule has 2 amide bonds. The van der Waals surface area contributed by atoms with Crippen LogP contribution in [-0.2, 0) is 16.1 Å². The lowest BCUT2D eigenvalue weighted by Crippen LogP contribution is -2.32. The number of benzene rings is 2. The fourth-order valence-corrected chi connectivity index (χ4v) is 3.78. The van der Waals surface area contributed by atoms with Crippen LogP contribution in [0.5, 0.6) is 5.75 Å². The van der Waals surface area contributed by atoms with E-state index >= 15 is 0 Å². The minimum atomic E-state index is -4.38. The number of carbonyl (C=O) groups excluding carboxylic acids is 2. The number of rotatable bonds is 10. The van der Waals surface area contributed by atoms with Gasteiger partial charge in [-0.25, -0.2) is 0 Å². The second-order valence-corrected chi connectivity index (χ2v) is 8.15. The number of amides is 2. The molecule has 0 aromatic heterocycles. The predicted molar refractivity (Wildman–Crippen MR) is 120 cm³/mol. The fourth-order valence-electron chi connectivity index (χ4n) is 3.78. The van der Waals surface area contributed by atoms with Gasteiger partial charge in [-0.15, -0.1) is 0 Å². The highest BCUT2D eigenvalue weighted by molar-refractivity contribution is 5.94. The van der Waals surface area contributed by atoms with Gasteiger partial charge in [0.05, 0.1) is 12.6 Å². The van der Waals surface area contributed by atoms with Crippen LogP contribution in [0.2, 0.25) is 0 Å². The number of para-hydroxylation sites is 1. The van der Waals surface area contributed by atoms with Crippen molar-refractivity contribution in [2.75, 3.05) is 26.3 Å². The molecule has 1 saturated heterocycles. The Kier molecular flexibility index (Phi) is 8.92. The van der Waals surface area contributed by atoms with Crippen LogP contribution in [0.15, 0.2) is 48.5 Å². The summed E-state index contributed by atoms with van der Waals surface area (Å²) in [5, 5.41) is 2.97. The van der Waals surface area contributed by atoms with E-state index in [2.05, 4.69) is 10.1 Å². The Morgan fingerprint density at radius 1 is 1.06 bits per heavy atom. The van der Waals surface area contributed by atoms with Gasteiger partial charge in [-0.1, -0.05) is 37.3 Å². The van der Waals surface area contributed by atoms with E-state index in [1.165, 1.54) is 0 Å². The largest absolute Gasteiger partial charge is 0.483 e. The maximum atomic E-state index is 12.8. The van der Waals surface area contributed by atoms with Gasteiger partial charge in [0, 0.05) is 24.2 Å². The van der Waals surface area contributed by atoms with Crippen molar-refractivity contribution < 1.29 is 32.2 Å². The number of alkyl halides is 3. The molecule has 34 heavy (non-hydrogen) atoms. The molecule has 2 aromatic carbocycles. The second-order valence-electron chi connectivity index (χ2n) is 8.15. The first-order chi connectivity index (χ1) is 16.3. The van der Waals surface area contributed by atoms with Gasteiger partial charge in [-0.05, 0) is 43.0 Å². The minimum absolute atomic E-state index is 0.0521. The molecule has 1 fully saturated rings. The van der Waals surface area contributed by atoms with Crippen LogP contribution >= 0.6 is 0 Å². The quantitative estimate of drug-likeness (QED) is 0.540. The Hall–Kier alpha value is -3.07. The molecule has 1 aliphatic heterocycles. The van der Waals surface area contributed by atoms with Gasteiger partial charge in [-0.2, -0.15) is 13.2 Å². The summed E-state index contributed by atoms with van der Waals surface area (Å²) in [5.74, 6) is 0.167. The van der Waals surface area contributed by atoms with E-state index in [1.807, 2.05) is 25.1 Å². The average molecular weight is 479 g/mol. The summed E-state index contributed by atoms with van der Waals surface area (Å²) < 4.78 is 47.1. The number of hydrogen-bond donors (Lipinski definition) is 1. The zero-order valence-electron chi connectivity index (χ0n) is 19.1. The molecule has 1 N–H and O–H groups in total. The maximum absolute atomic E-state index is 12.8. The first-order valence-corrected chi connectivity index (χ1v) is 11.3. The van der Waals surface area contributed by atoms with E-state index in [0.29, 0.717) is 23.3 Å². The Bertz CT molecular complexity index is 957. The molecule has 1 heterocycles. The van der Waals surface area contributed by atoms with Crippen LogP contribution in [0.3, 0.4) is 0 Å². The minimum Gasteiger partial charge on any atom is -0.483 e. The van der Waals surface area contributed by atoms with Crippen LogP contribution in [-0.4, -0.2) is 49.2 Å². The SMILES string of the molecule is CCC(NC(=O)c1ccc(COCC(F)(F)F)cc1)c1ccccc1OCC(=O)N1CCCC1. The Morgan fingerprint density at radius 3 is 2.38 bits per heavy atom. The number of likely N-dealkylation sites (tertiary alicyclic amines) is 1. The van der Waals surface area contributed by atoms with Gasteiger partial charge in [0.1, 0.15) is 12.4 Å². The van der Waals surface area contributed by atoms with E-state index < -0.39 is 12.8 Å². The molecule has 1 aliphatic rings. The van der Waals surface area contributed by atoms with E-state index in [4.69, 9.17) is 4.74 Å². The molecular formula is C25H29F3N2O4. The molecule has 0 radical (unpaired) electrons. The monoisotopic (exact) mass is 478 g/mol. The molecule has 3 rings (SSSR count). The summed E-state index contributed by atoms with van der Waals surface area (Å²) in [4.78, 5) is 26.9. The highest BCUT2D eigenvalue weighted by Crippen LogP contribution is 2.28. The topological polar surface area (TPSA) is 67.9 Å². The Labute approximate surface area is 197 Å². The molecular weight excluding hydrogens is 449 g/mol. The maximum Gasteiger partial charge on any atom is 0.411 e. The summed E-state index contributed by atoms with van der Waals surface area (Å²) in [7, 11) is 0. The van der Waals surface area contributed by atoms with Crippen molar-refractivity contribution in [1.29, 1.82) is 0 Å². The summed E-state index contributed by atoms with van der Waals surface area (Å²) in [6.45, 7) is 1.87. The van der Waals surface area contributed by atoms with Crippen molar-refractivity contribution in [3.05, 3.63) is 65.2 Å². The van der Waals surface area contributed by atoms with Gasteiger partial charge in [0.15, 0.2) is 6.61 Å². The zero-order chi connectivity index (χ0) is 24.6. The van der Waals surface area contributed by atoms with Gasteiger partial charge in [0.2, 0.25) is 0 Å². The van der Waals surface area contributed by atoms with Crippen LogP contribution < -0.4 is 10.1 Å². The highest BCUT2D eigenvalue weighted by Gasteiger charge is 2.27. The normalized spacial score (nSPS) is 14.6. The highest BCUT2D eigenvalue weighted by atomic mass is 19.4. The second kappa shape index (κ2) is 11.9. The van der Waals surface area contributed by atoms with Crippen molar-refractivity contribution in [3.8, 4) is 5.75 Å². The van der Waals surface area contributed by atoms with Crippen molar-refractivity contribution >= 4 is 11.8 Å². The zero-order valence-corrected chi connectivity index (χ0v) is 19.1. The molecule has 0 saturated carbocycles. The number of hydrogen-bond acceptors (Lipinski definition) is 4. The van der Waals surface area contributed by atoms with Gasteiger partial charge < -0.3 is 19.7 Å². The van der Waals surface area contributed by atoms with E-state index in [-0.39, 0.29) is 31.1 Å². The van der Waals surface area contributed by atoms with Gasteiger partial charge >= 0.3 is 6.18 Å². The molecule has 2 aromatic rings. The third-order valence-electron chi connectivity index (χ3n) is 5.57. The third-order valence-corrected chi connectivity index (χ3v) is 5.57. The fraction of sp³-hybridized carbons (Fsp3) is 0.440. The first kappa shape index (κ1) is 25.6. The molecule has 6 nitrogen and oxygen atoms in total. The Balaban J connectivity index is 1.60. The van der Waals surface area contributed by atoms with Crippen LogP contribution in [0.1, 0.15) is 53.7 Å². The van der Waals surface area contributed by atoms with Crippen molar-refractivity contribution in [2.24, 2.45) is 0 Å². The summed E-state index contributed by atoms with van der Waals surface area (Å²) in [5.41, 5.74) is 1.68. The van der Waals surface area contributed by atoms with Crippen molar-refractivity contribution in [3.63, 3.8) is 0 Å². The van der Waals surface area contributed by atoms with Crippen molar-refractivity contribution in [1.82, 2.24) is 10.2 Å². The Morgan fingerprint density at radius 2 is 1.74 bits per heavy atom. The number of nitrogens with one attached hydrogen (secondary N) is 1. The number of nitrogens with zero attached hydrogens (tertiary/aromatic N) is 1. The molecule has 0 bridgehead atoms. The van der Waals surface area contributed by atoms with E-state index in [9.17, 15) is 22.8 Å². The molecule has 9 heteroatoms. The lowest BCUT2D eigenvalue weighted by Gasteiger charge is -2.22. The molecule has 0 aliphatic carbocycles. The number of halogens is 3. The summed E-state index contributed by atoms with van der Waals surface area (Å²) >= 11 is 0. The van der Waals surface area contributed by atoms with Gasteiger partial charge in [-0.3, -0.25) is 9.59 Å². The molecule has 1 unspecified atom stereocenters. The number of carbonyl (C=O) groups is 2. The average Bonchev–Trinajstić information content (AvgIpc) is 3.36. The lowest BCUT2D eigenvalue weighted by molar-refractivity contribution is -0.176. The van der Waals surface area contributed by atoms with E-state index in [0.717, 1.165) is 31.5 Å². The number of ether oxygens (including phenoxy) is 2. The van der Waals surface area contributed by atoms with Crippen molar-refractivity contribution in [2.45, 2.75) is 45.0 Å². The molecule has 184 valence electrons. The van der Waals surface area contributed by atoms with Crippen LogP contribution in [0.25, 0.3) is 0 Å².